The second kappa shape index (κ2) is 6.57. The van der Waals surface area contributed by atoms with Gasteiger partial charge in [0.2, 0.25) is 0 Å². The minimum atomic E-state index is -4.44. The lowest BCUT2D eigenvalue weighted by Crippen LogP contribution is -2.39. The summed E-state index contributed by atoms with van der Waals surface area (Å²) in [6, 6.07) is -0.290. The fourth-order valence-electron chi connectivity index (χ4n) is 2.85. The number of rotatable bonds is 5. The maximum absolute atomic E-state index is 12.8. The Kier molecular flexibility index (Phi) is 4.72. The van der Waals surface area contributed by atoms with Crippen molar-refractivity contribution in [1.82, 2.24) is 9.13 Å². The number of ether oxygens (including phenoxy) is 1. The summed E-state index contributed by atoms with van der Waals surface area (Å²) in [7, 11) is 0. The third-order valence-electron chi connectivity index (χ3n) is 4.23. The summed E-state index contributed by atoms with van der Waals surface area (Å²) in [5, 5.41) is 0.117. The lowest BCUT2D eigenvalue weighted by Gasteiger charge is -2.12. The van der Waals surface area contributed by atoms with Crippen LogP contribution < -0.4 is 11.2 Å². The molecule has 0 N–H and O–H groups in total. The fourth-order valence-corrected chi connectivity index (χ4v) is 4.06. The van der Waals surface area contributed by atoms with E-state index in [-0.39, 0.29) is 27.7 Å². The highest BCUT2D eigenvalue weighted by molar-refractivity contribution is 7.20. The Bertz CT molecular complexity index is 983. The van der Waals surface area contributed by atoms with Gasteiger partial charge in [0.15, 0.2) is 0 Å². The molecule has 0 saturated heterocycles. The average molecular weight is 390 g/mol. The van der Waals surface area contributed by atoms with Gasteiger partial charge in [0.1, 0.15) is 9.71 Å². The van der Waals surface area contributed by atoms with Crippen LogP contribution in [0.25, 0.3) is 10.2 Å². The zero-order chi connectivity index (χ0) is 19.2. The summed E-state index contributed by atoms with van der Waals surface area (Å²) >= 11 is 0.826. The molecule has 142 valence electrons. The number of carbonyl (C=O) groups excluding carboxylic acids is 1. The Labute approximate surface area is 149 Å². The maximum Gasteiger partial charge on any atom is 0.390 e. The van der Waals surface area contributed by atoms with Crippen molar-refractivity contribution in [3.05, 3.63) is 31.3 Å². The first-order chi connectivity index (χ1) is 12.2. The number of esters is 1. The normalized spacial score (nSPS) is 14.8. The second-order valence-corrected chi connectivity index (χ2v) is 7.16. The largest absolute Gasteiger partial charge is 0.462 e. The van der Waals surface area contributed by atoms with Gasteiger partial charge in [0.05, 0.1) is 18.4 Å². The van der Waals surface area contributed by atoms with Crippen LogP contribution in [0, 0.1) is 6.92 Å². The molecule has 26 heavy (non-hydrogen) atoms. The van der Waals surface area contributed by atoms with Gasteiger partial charge in [0.25, 0.3) is 5.56 Å². The number of aromatic nitrogens is 2. The molecule has 1 fully saturated rings. The summed E-state index contributed by atoms with van der Waals surface area (Å²) in [5.41, 5.74) is -0.977. The molecule has 3 rings (SSSR count). The Morgan fingerprint density at radius 1 is 1.31 bits per heavy atom. The Balaban J connectivity index is 2.26. The molecule has 2 aromatic rings. The molecule has 6 nitrogen and oxygen atoms in total. The van der Waals surface area contributed by atoms with Crippen molar-refractivity contribution < 1.29 is 22.7 Å². The number of alkyl halides is 3. The predicted octanol–water partition coefficient (Wildman–Crippen LogP) is 3.00. The molecule has 0 spiro atoms. The zero-order valence-electron chi connectivity index (χ0n) is 14.2. The monoisotopic (exact) mass is 390 g/mol. The van der Waals surface area contributed by atoms with Gasteiger partial charge in [-0.1, -0.05) is 0 Å². The number of halogens is 3. The van der Waals surface area contributed by atoms with Crippen molar-refractivity contribution in [2.45, 2.75) is 51.9 Å². The van der Waals surface area contributed by atoms with Crippen molar-refractivity contribution in [3.63, 3.8) is 0 Å². The summed E-state index contributed by atoms with van der Waals surface area (Å²) < 4.78 is 45.0. The molecule has 10 heteroatoms. The lowest BCUT2D eigenvalue weighted by molar-refractivity contribution is -0.136. The van der Waals surface area contributed by atoms with Crippen LogP contribution in [0.1, 0.15) is 47.5 Å². The number of carbonyl (C=O) groups is 1. The molecular weight excluding hydrogens is 373 g/mol. The molecule has 2 aromatic heterocycles. The molecule has 0 aromatic carbocycles. The third kappa shape index (κ3) is 3.29. The van der Waals surface area contributed by atoms with Gasteiger partial charge in [-0.25, -0.2) is 9.59 Å². The molecular formula is C16H17F3N2O4S. The molecule has 0 amide bonds. The van der Waals surface area contributed by atoms with Gasteiger partial charge in [0, 0.05) is 12.6 Å². The van der Waals surface area contributed by atoms with Gasteiger partial charge in [-0.3, -0.25) is 13.9 Å². The fraction of sp³-hybridized carbons (Fsp3) is 0.562. The standard InChI is InChI=1S/C16H17F3N2O4S/c1-3-25-14(23)11-8(2)10-12(22)21(9-4-5-9)15(24)20(13(10)26-11)7-6-16(17,18)19/h9H,3-7H2,1-2H3. The smallest absolute Gasteiger partial charge is 0.390 e. The van der Waals surface area contributed by atoms with E-state index in [1.807, 2.05) is 0 Å². The van der Waals surface area contributed by atoms with Gasteiger partial charge in [-0.05, 0) is 32.3 Å². The first-order valence-electron chi connectivity index (χ1n) is 8.18. The van der Waals surface area contributed by atoms with Crippen LogP contribution in [-0.2, 0) is 11.3 Å². The second-order valence-electron chi connectivity index (χ2n) is 6.16. The van der Waals surface area contributed by atoms with Crippen LogP contribution >= 0.6 is 11.3 Å². The van der Waals surface area contributed by atoms with Crippen LogP contribution in [0.4, 0.5) is 13.2 Å². The highest BCUT2D eigenvalue weighted by atomic mass is 32.1. The van der Waals surface area contributed by atoms with E-state index in [2.05, 4.69) is 0 Å². The highest BCUT2D eigenvalue weighted by Gasteiger charge is 2.33. The van der Waals surface area contributed by atoms with Crippen molar-refractivity contribution in [1.29, 1.82) is 0 Å². The summed E-state index contributed by atoms with van der Waals surface area (Å²) in [6.07, 6.45) is -4.37. The molecule has 1 aliphatic rings. The van der Waals surface area contributed by atoms with E-state index in [1.165, 1.54) is 0 Å². The number of fused-ring (bicyclic) bond motifs is 1. The minimum absolute atomic E-state index is 0.0849. The Hall–Kier alpha value is -2.10. The van der Waals surface area contributed by atoms with E-state index in [4.69, 9.17) is 4.74 Å². The molecule has 0 radical (unpaired) electrons. The van der Waals surface area contributed by atoms with E-state index >= 15 is 0 Å². The number of hydrogen-bond donors (Lipinski definition) is 0. The minimum Gasteiger partial charge on any atom is -0.462 e. The molecule has 0 bridgehead atoms. The van der Waals surface area contributed by atoms with E-state index < -0.39 is 36.4 Å². The number of nitrogens with zero attached hydrogens (tertiary/aromatic N) is 2. The van der Waals surface area contributed by atoms with E-state index in [9.17, 15) is 27.6 Å². The summed E-state index contributed by atoms with van der Waals surface area (Å²) in [6.45, 7) is 2.69. The quantitative estimate of drug-likeness (QED) is 0.736. The highest BCUT2D eigenvalue weighted by Crippen LogP contribution is 2.34. The lowest BCUT2D eigenvalue weighted by atomic mass is 10.2. The van der Waals surface area contributed by atoms with Gasteiger partial charge in [-0.15, -0.1) is 11.3 Å². The number of hydrogen-bond acceptors (Lipinski definition) is 5. The van der Waals surface area contributed by atoms with Crippen molar-refractivity contribution in [2.75, 3.05) is 6.61 Å². The van der Waals surface area contributed by atoms with E-state index in [0.29, 0.717) is 18.4 Å². The third-order valence-corrected chi connectivity index (χ3v) is 5.53. The molecule has 0 aliphatic heterocycles. The molecule has 2 heterocycles. The van der Waals surface area contributed by atoms with Crippen LogP contribution in [0.15, 0.2) is 9.59 Å². The zero-order valence-corrected chi connectivity index (χ0v) is 15.0. The first-order valence-corrected chi connectivity index (χ1v) is 8.99. The number of thiophene rings is 1. The average Bonchev–Trinajstić information content (AvgIpc) is 3.29. The summed E-state index contributed by atoms with van der Waals surface area (Å²) in [5.74, 6) is -0.654. The van der Waals surface area contributed by atoms with E-state index in [0.717, 1.165) is 20.5 Å². The Morgan fingerprint density at radius 3 is 2.50 bits per heavy atom. The molecule has 0 unspecified atom stereocenters. The Morgan fingerprint density at radius 2 is 1.96 bits per heavy atom. The van der Waals surface area contributed by atoms with E-state index in [1.54, 1.807) is 13.8 Å². The first kappa shape index (κ1) is 18.7. The van der Waals surface area contributed by atoms with Crippen molar-refractivity contribution in [2.24, 2.45) is 0 Å². The molecule has 0 atom stereocenters. The van der Waals surface area contributed by atoms with Gasteiger partial charge in [-0.2, -0.15) is 13.2 Å². The van der Waals surface area contributed by atoms with Crippen molar-refractivity contribution >= 4 is 27.5 Å². The van der Waals surface area contributed by atoms with Gasteiger partial charge >= 0.3 is 17.8 Å². The maximum atomic E-state index is 12.8. The predicted molar refractivity (Wildman–Crippen MR) is 90.0 cm³/mol. The van der Waals surface area contributed by atoms with Gasteiger partial charge < -0.3 is 4.74 Å². The van der Waals surface area contributed by atoms with Crippen LogP contribution in [-0.4, -0.2) is 27.9 Å². The van der Waals surface area contributed by atoms with Crippen LogP contribution in [0.3, 0.4) is 0 Å². The van der Waals surface area contributed by atoms with Crippen molar-refractivity contribution in [3.8, 4) is 0 Å². The number of aryl methyl sites for hydroxylation is 2. The molecule has 1 saturated carbocycles. The SMILES string of the molecule is CCOC(=O)c1sc2c(c1C)c(=O)n(C1CC1)c(=O)n2CCC(F)(F)F. The topological polar surface area (TPSA) is 70.3 Å². The summed E-state index contributed by atoms with van der Waals surface area (Å²) in [4.78, 5) is 37.8. The molecule has 1 aliphatic carbocycles. The van der Waals surface area contributed by atoms with Crippen LogP contribution in [0.2, 0.25) is 0 Å². The van der Waals surface area contributed by atoms with Crippen LogP contribution in [0.5, 0.6) is 0 Å².